The van der Waals surface area contributed by atoms with E-state index in [1.165, 1.54) is 16.8 Å². The highest BCUT2D eigenvalue weighted by molar-refractivity contribution is 7.92. The Balaban J connectivity index is 0.666. The Kier molecular flexibility index (Phi) is 11.6. The molecule has 70 heavy (non-hydrogen) atoms. The smallest absolute Gasteiger partial charge is 0.262 e. The number of rotatable bonds is 11. The van der Waals surface area contributed by atoms with E-state index in [1.54, 1.807) is 25.3 Å². The van der Waals surface area contributed by atoms with E-state index < -0.39 is 39.7 Å². The first-order valence-electron chi connectivity index (χ1n) is 23.9. The Morgan fingerprint density at radius 2 is 1.57 bits per heavy atom. The first-order chi connectivity index (χ1) is 33.7. The fraction of sp³-hybridized carbons (Fsp3) is 0.449. The molecule has 1 unspecified atom stereocenters. The van der Waals surface area contributed by atoms with Crippen molar-refractivity contribution in [2.45, 2.75) is 62.4 Å². The van der Waals surface area contributed by atoms with Crippen molar-refractivity contribution < 1.29 is 37.1 Å². The minimum Gasteiger partial charge on any atom is -0.494 e. The van der Waals surface area contributed by atoms with Crippen molar-refractivity contribution in [1.29, 1.82) is 0 Å². The van der Waals surface area contributed by atoms with Crippen molar-refractivity contribution >= 4 is 91.4 Å². The lowest BCUT2D eigenvalue weighted by Gasteiger charge is -2.43. The van der Waals surface area contributed by atoms with Crippen LogP contribution in [-0.4, -0.2) is 147 Å². The number of hydrogen-bond donors (Lipinski definition) is 3. The molecule has 2 atom stereocenters. The first kappa shape index (κ1) is 45.9. The van der Waals surface area contributed by atoms with Crippen LogP contribution >= 0.6 is 11.6 Å². The van der Waals surface area contributed by atoms with Crippen LogP contribution in [0.2, 0.25) is 5.02 Å². The highest BCUT2D eigenvalue weighted by atomic mass is 35.5. The van der Waals surface area contributed by atoms with E-state index in [-0.39, 0.29) is 52.2 Å². The van der Waals surface area contributed by atoms with Gasteiger partial charge in [0.05, 0.1) is 53.7 Å². The Hall–Kier alpha value is -6.51. The number of hydrogen-bond acceptors (Lipinski definition) is 15. The van der Waals surface area contributed by atoms with Crippen molar-refractivity contribution in [3.8, 4) is 5.75 Å². The van der Waals surface area contributed by atoms with Gasteiger partial charge in [0.2, 0.25) is 33.7 Å². The molecule has 5 amide bonds. The summed E-state index contributed by atoms with van der Waals surface area (Å²) in [5.74, 6) is -0.939. The number of benzene rings is 3. The normalized spacial score (nSPS) is 22.4. The average molecular weight is 993 g/mol. The summed E-state index contributed by atoms with van der Waals surface area (Å²) < 4.78 is 33.1. The summed E-state index contributed by atoms with van der Waals surface area (Å²) in [6.07, 6.45) is 7.43. The summed E-state index contributed by atoms with van der Waals surface area (Å²) in [5.41, 5.74) is 5.05. The minimum atomic E-state index is -3.51. The summed E-state index contributed by atoms with van der Waals surface area (Å²) in [6, 6.07) is 16.3. The van der Waals surface area contributed by atoms with Crippen molar-refractivity contribution in [2.24, 2.45) is 5.92 Å². The number of fused-ring (bicyclic) bond motifs is 3. The number of piperidine rings is 2. The molecule has 21 heteroatoms. The average Bonchev–Trinajstić information content (AvgIpc) is 3.70. The second-order valence-electron chi connectivity index (χ2n) is 19.5. The molecule has 0 radical (unpaired) electrons. The number of piperazine rings is 1. The summed E-state index contributed by atoms with van der Waals surface area (Å²) in [4.78, 5) is 83.7. The second-order valence-corrected chi connectivity index (χ2v) is 21.8. The van der Waals surface area contributed by atoms with E-state index in [4.69, 9.17) is 16.3 Å². The first-order valence-corrected chi connectivity index (χ1v) is 26.1. The van der Waals surface area contributed by atoms with Gasteiger partial charge in [-0.25, -0.2) is 13.4 Å². The zero-order valence-electron chi connectivity index (χ0n) is 38.9. The number of nitrogens with one attached hydrogen (secondary N) is 3. The maximum absolute atomic E-state index is 13.8. The molecule has 19 nitrogen and oxygen atoms in total. The molecular formula is C49H54ClN11O8S. The third-order valence-electron chi connectivity index (χ3n) is 15.3. The number of imide groups is 2. The third-order valence-corrected chi connectivity index (χ3v) is 16.7. The molecule has 3 N–H and O–H groups in total. The lowest BCUT2D eigenvalue weighted by atomic mass is 9.98. The van der Waals surface area contributed by atoms with E-state index in [2.05, 4.69) is 46.7 Å². The van der Waals surface area contributed by atoms with Crippen molar-refractivity contribution in [3.63, 3.8) is 0 Å². The number of aromatic nitrogens is 2. The van der Waals surface area contributed by atoms with Crippen LogP contribution < -0.4 is 34.8 Å². The number of ether oxygens (including phenoxy) is 1. The van der Waals surface area contributed by atoms with Crippen molar-refractivity contribution in [1.82, 2.24) is 30.0 Å². The number of amides is 5. The van der Waals surface area contributed by atoms with Crippen LogP contribution in [0.5, 0.6) is 5.75 Å². The predicted molar refractivity (Wildman–Crippen MR) is 263 cm³/mol. The number of sulfonamides is 1. The Morgan fingerprint density at radius 3 is 2.30 bits per heavy atom. The van der Waals surface area contributed by atoms with Crippen LogP contribution in [0.1, 0.15) is 71.2 Å². The minimum absolute atomic E-state index is 0.0589. The second kappa shape index (κ2) is 17.7. The van der Waals surface area contributed by atoms with E-state index >= 15 is 0 Å². The topological polar surface area (TPSA) is 210 Å². The predicted octanol–water partition coefficient (Wildman–Crippen LogP) is 4.48. The largest absolute Gasteiger partial charge is 0.494 e. The Labute approximate surface area is 410 Å². The van der Waals surface area contributed by atoms with Gasteiger partial charge in [-0.2, -0.15) is 4.98 Å². The van der Waals surface area contributed by atoms with E-state index in [0.29, 0.717) is 73.8 Å². The molecule has 5 fully saturated rings. The van der Waals surface area contributed by atoms with E-state index in [1.807, 2.05) is 35.2 Å². The molecular weight excluding hydrogens is 938 g/mol. The van der Waals surface area contributed by atoms with Crippen LogP contribution in [0.25, 0.3) is 0 Å². The van der Waals surface area contributed by atoms with Crippen molar-refractivity contribution in [3.05, 3.63) is 82.5 Å². The van der Waals surface area contributed by atoms with Gasteiger partial charge in [-0.05, 0) is 80.5 Å². The molecule has 7 heterocycles. The monoisotopic (exact) mass is 991 g/mol. The SMILES string of the molecule is COc1cc(N2CCC(N3CCN(C(=O)[C@@H]4CCN(c5ccc6c(c5)C(=O)N(C5CCC(=O)NC5=O)C6=O)C4)CC3)CC2)ccc1Nc1ncc(Cl)c(Nc2cccc3c2N(S(C)(=O)=O)CC32CC2)n1. The summed E-state index contributed by atoms with van der Waals surface area (Å²) in [6.45, 7) is 6.26. The number of nitrogens with zero attached hydrogens (tertiary/aromatic N) is 8. The molecule has 6 aliphatic heterocycles. The molecule has 1 saturated carbocycles. The molecule has 366 valence electrons. The van der Waals surface area contributed by atoms with Gasteiger partial charge < -0.3 is 30.1 Å². The molecule has 1 spiro atoms. The highest BCUT2D eigenvalue weighted by Gasteiger charge is 2.54. The zero-order valence-corrected chi connectivity index (χ0v) is 40.5. The van der Waals surface area contributed by atoms with Gasteiger partial charge in [-0.15, -0.1) is 0 Å². The quantitative estimate of drug-likeness (QED) is 0.177. The van der Waals surface area contributed by atoms with Gasteiger partial charge in [0.15, 0.2) is 5.82 Å². The van der Waals surface area contributed by atoms with Crippen LogP contribution in [0.15, 0.2) is 60.8 Å². The highest BCUT2D eigenvalue weighted by Crippen LogP contribution is 2.59. The summed E-state index contributed by atoms with van der Waals surface area (Å²) >= 11 is 6.60. The third kappa shape index (κ3) is 8.32. The standard InChI is InChI=1S/C49H54ClN11O8S/c1-69-40-25-32(7-9-37(40)53-48-51-26-36(50)43(55-48)52-38-5-3-4-35-42(38)60(70(2,67)68)28-49(35)15-16-49)56-18-13-30(14-19-56)57-20-22-58(23-21-57)45(64)29-12-17-59(27-29)31-6-8-33-34(24-31)47(66)61(46(33)65)39-10-11-41(62)54-44(39)63/h3-9,24-26,29-30,39H,10-23,27-28H2,1-2H3,(H,54,62,63)(H2,51,52,53,55)/t29-,39?/m1/s1. The molecule has 4 aromatic rings. The fourth-order valence-corrected chi connectivity index (χ4v) is 12.4. The number of anilines is 7. The molecule has 3 aromatic carbocycles. The number of carbonyl (C=O) groups excluding carboxylic acids is 5. The molecule has 1 aromatic heterocycles. The van der Waals surface area contributed by atoms with Crippen molar-refractivity contribution in [2.75, 3.05) is 97.0 Å². The van der Waals surface area contributed by atoms with Crippen LogP contribution in [0.3, 0.4) is 0 Å². The number of carbonyl (C=O) groups is 5. The van der Waals surface area contributed by atoms with E-state index in [0.717, 1.165) is 73.7 Å². The molecule has 11 rings (SSSR count). The maximum Gasteiger partial charge on any atom is 0.262 e. The lowest BCUT2D eigenvalue weighted by Crippen LogP contribution is -2.55. The van der Waals surface area contributed by atoms with E-state index in [9.17, 15) is 32.4 Å². The Bertz CT molecular complexity index is 2960. The Morgan fingerprint density at radius 1 is 0.843 bits per heavy atom. The van der Waals surface area contributed by atoms with Crippen LogP contribution in [-0.2, 0) is 29.8 Å². The van der Waals surface area contributed by atoms with Gasteiger partial charge >= 0.3 is 0 Å². The number of methoxy groups -OCH3 is 1. The zero-order chi connectivity index (χ0) is 48.6. The molecule has 1 aliphatic carbocycles. The maximum atomic E-state index is 13.8. The van der Waals surface area contributed by atoms with Crippen LogP contribution in [0.4, 0.5) is 40.2 Å². The van der Waals surface area contributed by atoms with Crippen LogP contribution in [0, 0.1) is 5.92 Å². The van der Waals surface area contributed by atoms with Gasteiger partial charge in [0.25, 0.3) is 11.8 Å². The molecule has 4 saturated heterocycles. The lowest BCUT2D eigenvalue weighted by molar-refractivity contribution is -0.137. The van der Waals surface area contributed by atoms with Gasteiger partial charge in [-0.1, -0.05) is 23.7 Å². The molecule has 7 aliphatic rings. The fourth-order valence-electron chi connectivity index (χ4n) is 11.3. The summed E-state index contributed by atoms with van der Waals surface area (Å²) in [5, 5.41) is 9.09. The number of para-hydroxylation sites is 1. The molecule has 0 bridgehead atoms. The van der Waals surface area contributed by atoms with Gasteiger partial charge in [-0.3, -0.25) is 43.4 Å². The number of halogens is 1. The summed E-state index contributed by atoms with van der Waals surface area (Å²) in [7, 11) is -1.89. The van der Waals surface area contributed by atoms with Gasteiger partial charge in [0, 0.05) is 94.2 Å². The van der Waals surface area contributed by atoms with Gasteiger partial charge in [0.1, 0.15) is 16.8 Å².